The number of nitrogens with one attached hydrogen (secondary N) is 2. The highest BCUT2D eigenvalue weighted by Gasteiger charge is 2.36. The maximum atomic E-state index is 13.7. The van der Waals surface area contributed by atoms with Crippen LogP contribution in [0.4, 0.5) is 11.4 Å². The highest BCUT2D eigenvalue weighted by Crippen LogP contribution is 2.45. The Hall–Kier alpha value is -3.93. The van der Waals surface area contributed by atoms with Crippen LogP contribution in [0, 0.1) is 0 Å². The molecular weight excluding hydrogens is 440 g/mol. The molecule has 1 heterocycles. The van der Waals surface area contributed by atoms with Gasteiger partial charge in [0.25, 0.3) is 0 Å². The molecular formula is C29H30N2O4. The first-order valence-corrected chi connectivity index (χ1v) is 11.9. The van der Waals surface area contributed by atoms with Gasteiger partial charge in [0.2, 0.25) is 0 Å². The van der Waals surface area contributed by atoms with Crippen molar-refractivity contribution >= 4 is 17.2 Å². The molecule has 2 atom stereocenters. The standard InChI is InChI=1S/C29H30N2O4/c1-4-35-26-14-11-19(17-27(26)34-3)29-28-24(30-22-7-5-6-8-23(22)31-29)15-20(16-25(28)32)18-9-12-21(33-2)13-10-18/h5-14,17,20,29-31H,4,15-16H2,1-3H3/t20-,29+/m1/s1. The summed E-state index contributed by atoms with van der Waals surface area (Å²) in [5.41, 5.74) is 5.73. The maximum absolute atomic E-state index is 13.7. The molecule has 2 N–H and O–H groups in total. The van der Waals surface area contributed by atoms with Gasteiger partial charge in [-0.1, -0.05) is 30.3 Å². The van der Waals surface area contributed by atoms with E-state index in [4.69, 9.17) is 14.2 Å². The van der Waals surface area contributed by atoms with Crippen molar-refractivity contribution in [1.82, 2.24) is 0 Å². The zero-order valence-electron chi connectivity index (χ0n) is 20.3. The van der Waals surface area contributed by atoms with E-state index in [9.17, 15) is 4.79 Å². The minimum absolute atomic E-state index is 0.0976. The number of hydrogen-bond donors (Lipinski definition) is 2. The van der Waals surface area contributed by atoms with Gasteiger partial charge in [0.15, 0.2) is 17.3 Å². The number of fused-ring (bicyclic) bond motifs is 1. The van der Waals surface area contributed by atoms with Gasteiger partial charge in [0.05, 0.1) is 38.2 Å². The van der Waals surface area contributed by atoms with E-state index >= 15 is 0 Å². The number of methoxy groups -OCH3 is 2. The number of carbonyl (C=O) groups excluding carboxylic acids is 1. The predicted molar refractivity (Wildman–Crippen MR) is 138 cm³/mol. The number of ether oxygens (including phenoxy) is 3. The molecule has 0 saturated heterocycles. The number of rotatable bonds is 6. The van der Waals surface area contributed by atoms with E-state index < -0.39 is 0 Å². The SMILES string of the molecule is CCOc1ccc([C@@H]2Nc3ccccc3NC3=C2C(=O)C[C@H](c2ccc(OC)cc2)C3)cc1OC. The first-order valence-electron chi connectivity index (χ1n) is 11.9. The van der Waals surface area contributed by atoms with E-state index in [0.29, 0.717) is 24.5 Å². The summed E-state index contributed by atoms with van der Waals surface area (Å²) in [6.45, 7) is 2.50. The third kappa shape index (κ3) is 4.44. The van der Waals surface area contributed by atoms with Gasteiger partial charge >= 0.3 is 0 Å². The van der Waals surface area contributed by atoms with E-state index in [2.05, 4.69) is 22.8 Å². The molecule has 1 aliphatic carbocycles. The van der Waals surface area contributed by atoms with Crippen LogP contribution in [-0.4, -0.2) is 26.6 Å². The van der Waals surface area contributed by atoms with Crippen molar-refractivity contribution < 1.29 is 19.0 Å². The van der Waals surface area contributed by atoms with E-state index in [-0.39, 0.29) is 17.7 Å². The Morgan fingerprint density at radius 2 is 1.60 bits per heavy atom. The quantitative estimate of drug-likeness (QED) is 0.455. The van der Waals surface area contributed by atoms with Crippen molar-refractivity contribution in [2.24, 2.45) is 0 Å². The Balaban J connectivity index is 1.57. The first-order chi connectivity index (χ1) is 17.1. The summed E-state index contributed by atoms with van der Waals surface area (Å²) < 4.78 is 16.6. The highest BCUT2D eigenvalue weighted by atomic mass is 16.5. The topological polar surface area (TPSA) is 68.8 Å². The monoisotopic (exact) mass is 470 g/mol. The number of anilines is 2. The Morgan fingerprint density at radius 3 is 2.31 bits per heavy atom. The molecule has 180 valence electrons. The lowest BCUT2D eigenvalue weighted by molar-refractivity contribution is -0.116. The lowest BCUT2D eigenvalue weighted by Crippen LogP contribution is -2.26. The Morgan fingerprint density at radius 1 is 0.857 bits per heavy atom. The van der Waals surface area contributed by atoms with Gasteiger partial charge in [-0.25, -0.2) is 0 Å². The smallest absolute Gasteiger partial charge is 0.163 e. The van der Waals surface area contributed by atoms with E-state index in [1.807, 2.05) is 61.5 Å². The molecule has 0 unspecified atom stereocenters. The maximum Gasteiger partial charge on any atom is 0.163 e. The van der Waals surface area contributed by atoms with Crippen LogP contribution in [0.2, 0.25) is 0 Å². The fraction of sp³-hybridized carbons (Fsp3) is 0.276. The minimum Gasteiger partial charge on any atom is -0.497 e. The van der Waals surface area contributed by atoms with Crippen molar-refractivity contribution in [3.05, 3.63) is 89.1 Å². The van der Waals surface area contributed by atoms with Crippen LogP contribution in [0.25, 0.3) is 0 Å². The molecule has 0 aromatic heterocycles. The van der Waals surface area contributed by atoms with Gasteiger partial charge in [0.1, 0.15) is 5.75 Å². The van der Waals surface area contributed by atoms with E-state index in [1.165, 1.54) is 0 Å². The van der Waals surface area contributed by atoms with E-state index in [0.717, 1.165) is 45.9 Å². The number of benzene rings is 3. The number of Topliss-reactive ketones (excluding diaryl/α,β-unsaturated/α-hetero) is 1. The molecule has 6 nitrogen and oxygen atoms in total. The average Bonchev–Trinajstić information content (AvgIpc) is 3.06. The number of carbonyl (C=O) groups is 1. The Labute approximate surface area is 205 Å². The molecule has 2 aliphatic rings. The largest absolute Gasteiger partial charge is 0.497 e. The molecule has 0 bridgehead atoms. The van der Waals surface area contributed by atoms with Gasteiger partial charge in [-0.2, -0.15) is 0 Å². The van der Waals surface area contributed by atoms with Gasteiger partial charge in [-0.15, -0.1) is 0 Å². The second kappa shape index (κ2) is 9.74. The summed E-state index contributed by atoms with van der Waals surface area (Å²) in [4.78, 5) is 13.7. The zero-order chi connectivity index (χ0) is 24.4. The summed E-state index contributed by atoms with van der Waals surface area (Å²) in [6, 6.07) is 21.7. The van der Waals surface area contributed by atoms with Crippen LogP contribution in [0.1, 0.15) is 42.9 Å². The fourth-order valence-electron chi connectivity index (χ4n) is 4.99. The molecule has 0 fully saturated rings. The predicted octanol–water partition coefficient (Wildman–Crippen LogP) is 6.08. The summed E-state index contributed by atoms with van der Waals surface area (Å²) in [7, 11) is 3.29. The number of para-hydroxylation sites is 2. The summed E-state index contributed by atoms with van der Waals surface area (Å²) in [5, 5.41) is 7.21. The van der Waals surface area contributed by atoms with Crippen molar-refractivity contribution in [2.75, 3.05) is 31.5 Å². The van der Waals surface area contributed by atoms with Gasteiger partial charge in [0, 0.05) is 17.7 Å². The molecule has 1 aliphatic heterocycles. The molecule has 5 rings (SSSR count). The van der Waals surface area contributed by atoms with Crippen LogP contribution < -0.4 is 24.8 Å². The van der Waals surface area contributed by atoms with E-state index in [1.54, 1.807) is 14.2 Å². The van der Waals surface area contributed by atoms with Crippen LogP contribution in [0.3, 0.4) is 0 Å². The normalized spacial score (nSPS) is 19.0. The van der Waals surface area contributed by atoms with Crippen LogP contribution in [0.15, 0.2) is 78.0 Å². The Bertz CT molecular complexity index is 1270. The third-order valence-electron chi connectivity index (χ3n) is 6.72. The van der Waals surface area contributed by atoms with Crippen molar-refractivity contribution in [3.8, 4) is 17.2 Å². The summed E-state index contributed by atoms with van der Waals surface area (Å²) in [5.74, 6) is 2.39. The molecule has 0 saturated carbocycles. The van der Waals surface area contributed by atoms with Gasteiger partial charge < -0.3 is 24.8 Å². The molecule has 35 heavy (non-hydrogen) atoms. The third-order valence-corrected chi connectivity index (χ3v) is 6.72. The van der Waals surface area contributed by atoms with Crippen LogP contribution >= 0.6 is 0 Å². The average molecular weight is 471 g/mol. The van der Waals surface area contributed by atoms with Crippen molar-refractivity contribution in [3.63, 3.8) is 0 Å². The molecule has 6 heteroatoms. The van der Waals surface area contributed by atoms with Crippen molar-refractivity contribution in [2.45, 2.75) is 31.7 Å². The summed E-state index contributed by atoms with van der Waals surface area (Å²) in [6.07, 6.45) is 1.20. The Kier molecular flexibility index (Phi) is 6.36. The van der Waals surface area contributed by atoms with Crippen molar-refractivity contribution in [1.29, 1.82) is 0 Å². The lowest BCUT2D eigenvalue weighted by atomic mass is 9.78. The number of ketones is 1. The lowest BCUT2D eigenvalue weighted by Gasteiger charge is -2.30. The molecule has 3 aromatic carbocycles. The zero-order valence-corrected chi connectivity index (χ0v) is 20.3. The number of allylic oxidation sites excluding steroid dienone is 1. The first kappa shape index (κ1) is 22.8. The second-order valence-corrected chi connectivity index (χ2v) is 8.78. The van der Waals surface area contributed by atoms with Gasteiger partial charge in [-0.05, 0) is 66.8 Å². The fourth-order valence-corrected chi connectivity index (χ4v) is 4.99. The minimum atomic E-state index is -0.310. The van der Waals surface area contributed by atoms with Gasteiger partial charge in [-0.3, -0.25) is 4.79 Å². The van der Waals surface area contributed by atoms with Crippen LogP contribution in [-0.2, 0) is 4.79 Å². The number of hydrogen-bond acceptors (Lipinski definition) is 6. The molecule has 3 aromatic rings. The van der Waals surface area contributed by atoms with Crippen LogP contribution in [0.5, 0.6) is 17.2 Å². The second-order valence-electron chi connectivity index (χ2n) is 8.78. The molecule has 0 amide bonds. The summed E-state index contributed by atoms with van der Waals surface area (Å²) >= 11 is 0. The highest BCUT2D eigenvalue weighted by molar-refractivity contribution is 6.01. The molecule has 0 spiro atoms. The molecule has 0 radical (unpaired) electrons.